The fourth-order valence-electron chi connectivity index (χ4n) is 2.20. The van der Waals surface area contributed by atoms with Crippen LogP contribution in [0.5, 0.6) is 5.75 Å². The number of nitriles is 1. The smallest absolute Gasteiger partial charge is 0.344 e. The van der Waals surface area contributed by atoms with Crippen molar-refractivity contribution in [3.05, 3.63) is 44.5 Å². The number of esters is 1. The summed E-state index contributed by atoms with van der Waals surface area (Å²) in [4.78, 5) is 28.2. The van der Waals surface area contributed by atoms with Crippen molar-refractivity contribution >= 4 is 50.7 Å². The maximum absolute atomic E-state index is 12.3. The maximum Gasteiger partial charge on any atom is 0.344 e. The van der Waals surface area contributed by atoms with Crippen molar-refractivity contribution in [3.63, 3.8) is 0 Å². The Morgan fingerprint density at radius 3 is 2.79 bits per heavy atom. The predicted octanol–water partition coefficient (Wildman–Crippen LogP) is 4.15. The van der Waals surface area contributed by atoms with E-state index in [1.54, 1.807) is 38.1 Å². The Morgan fingerprint density at radius 1 is 1.39 bits per heavy atom. The summed E-state index contributed by atoms with van der Waals surface area (Å²) in [5.41, 5.74) is 0.430. The van der Waals surface area contributed by atoms with Crippen LogP contribution in [0, 0.1) is 11.3 Å². The molecule has 0 aromatic heterocycles. The molecule has 9 heteroatoms. The summed E-state index contributed by atoms with van der Waals surface area (Å²) < 4.78 is 11.1. The summed E-state index contributed by atoms with van der Waals surface area (Å²) in [6, 6.07) is 7.06. The molecule has 0 fully saturated rings. The first-order chi connectivity index (χ1) is 13.4. The highest BCUT2D eigenvalue weighted by molar-refractivity contribution is 9.10. The highest BCUT2D eigenvalue weighted by Gasteiger charge is 2.33. The zero-order chi connectivity index (χ0) is 20.7. The second-order valence-corrected chi connectivity index (χ2v) is 7.29. The lowest BCUT2D eigenvalue weighted by atomic mass is 10.1. The van der Waals surface area contributed by atoms with Crippen molar-refractivity contribution in [1.29, 1.82) is 5.26 Å². The molecule has 0 aliphatic carbocycles. The van der Waals surface area contributed by atoms with Crippen LogP contribution in [0.25, 0.3) is 6.08 Å². The van der Waals surface area contributed by atoms with Crippen LogP contribution in [0.1, 0.15) is 25.8 Å². The number of benzene rings is 1. The number of carbonyl (C=O) groups excluding carboxylic acids is 2. The molecule has 28 heavy (non-hydrogen) atoms. The van der Waals surface area contributed by atoms with Crippen LogP contribution in [0.4, 0.5) is 0 Å². The van der Waals surface area contributed by atoms with Gasteiger partial charge < -0.3 is 14.6 Å². The summed E-state index contributed by atoms with van der Waals surface area (Å²) >= 11 is 4.35. The molecule has 0 bridgehead atoms. The van der Waals surface area contributed by atoms with E-state index in [4.69, 9.17) is 14.7 Å². The lowest BCUT2D eigenvalue weighted by Crippen LogP contribution is -2.14. The number of aliphatic imine (C=N–C) groups is 1. The molecular formula is C19H17BrN2O5S. The lowest BCUT2D eigenvalue weighted by Gasteiger charge is -2.07. The van der Waals surface area contributed by atoms with Crippen LogP contribution in [0.2, 0.25) is 0 Å². The van der Waals surface area contributed by atoms with Crippen LogP contribution in [0.15, 0.2) is 43.9 Å². The summed E-state index contributed by atoms with van der Waals surface area (Å²) in [5.74, 6) is -1.07. The Labute approximate surface area is 174 Å². The van der Waals surface area contributed by atoms with Gasteiger partial charge in [0, 0.05) is 16.5 Å². The molecule has 0 unspecified atom stereocenters. The molecule has 0 saturated heterocycles. The zero-order valence-corrected chi connectivity index (χ0v) is 17.6. The number of amides is 1. The molecule has 0 radical (unpaired) electrons. The van der Waals surface area contributed by atoms with E-state index in [-0.39, 0.29) is 36.0 Å². The van der Waals surface area contributed by atoms with Gasteiger partial charge in [0.15, 0.2) is 6.61 Å². The van der Waals surface area contributed by atoms with E-state index >= 15 is 0 Å². The Kier molecular flexibility index (Phi) is 7.84. The largest absolute Gasteiger partial charge is 0.506 e. The minimum Gasteiger partial charge on any atom is -0.506 e. The van der Waals surface area contributed by atoms with E-state index < -0.39 is 11.9 Å². The van der Waals surface area contributed by atoms with Crippen LogP contribution < -0.4 is 4.74 Å². The third-order valence-corrected chi connectivity index (χ3v) is 4.96. The molecule has 1 aromatic rings. The van der Waals surface area contributed by atoms with Gasteiger partial charge in [-0.1, -0.05) is 34.6 Å². The number of aliphatic hydroxyl groups is 1. The molecule has 1 N–H and O–H groups in total. The van der Waals surface area contributed by atoms with E-state index in [9.17, 15) is 14.7 Å². The molecule has 1 aromatic carbocycles. The van der Waals surface area contributed by atoms with Gasteiger partial charge in [0.05, 0.1) is 11.5 Å². The topological polar surface area (TPSA) is 109 Å². The average Bonchev–Trinajstić information content (AvgIpc) is 2.96. The van der Waals surface area contributed by atoms with Crippen LogP contribution in [-0.4, -0.2) is 35.2 Å². The SMILES string of the molecule is CCOC(=O)C1=C(O)/C(=C/c2cc(Br)ccc2OCC#N)SC1=NC(=O)CC. The summed E-state index contributed by atoms with van der Waals surface area (Å²) in [6.45, 7) is 3.27. The second-order valence-electron chi connectivity index (χ2n) is 5.35. The fraction of sp³-hybridized carbons (Fsp3) is 0.263. The van der Waals surface area contributed by atoms with Crippen molar-refractivity contribution < 1.29 is 24.2 Å². The average molecular weight is 465 g/mol. The first-order valence-electron chi connectivity index (χ1n) is 8.32. The quantitative estimate of drug-likeness (QED) is 0.629. The molecule has 0 atom stereocenters. The van der Waals surface area contributed by atoms with Gasteiger partial charge in [0.2, 0.25) is 5.91 Å². The minimum atomic E-state index is -0.756. The third kappa shape index (κ3) is 5.24. The Morgan fingerprint density at radius 2 is 2.14 bits per heavy atom. The second kappa shape index (κ2) is 10.1. The van der Waals surface area contributed by atoms with Gasteiger partial charge in [-0.25, -0.2) is 9.79 Å². The Bertz CT molecular complexity index is 931. The number of hydrogen-bond acceptors (Lipinski definition) is 7. The summed E-state index contributed by atoms with van der Waals surface area (Å²) in [7, 11) is 0. The fourth-order valence-corrected chi connectivity index (χ4v) is 3.60. The van der Waals surface area contributed by atoms with Gasteiger partial charge >= 0.3 is 5.97 Å². The number of thioether (sulfide) groups is 1. The predicted molar refractivity (Wildman–Crippen MR) is 110 cm³/mol. The molecule has 1 heterocycles. The van der Waals surface area contributed by atoms with E-state index in [0.29, 0.717) is 16.2 Å². The van der Waals surface area contributed by atoms with Crippen molar-refractivity contribution in [2.24, 2.45) is 4.99 Å². The number of nitrogens with zero attached hydrogens (tertiary/aromatic N) is 2. The van der Waals surface area contributed by atoms with Crippen molar-refractivity contribution in [3.8, 4) is 11.8 Å². The number of ether oxygens (including phenoxy) is 2. The molecule has 1 aliphatic heterocycles. The molecule has 7 nitrogen and oxygen atoms in total. The van der Waals surface area contributed by atoms with Gasteiger partial charge in [-0.15, -0.1) is 0 Å². The van der Waals surface area contributed by atoms with Gasteiger partial charge in [0.1, 0.15) is 28.2 Å². The molecule has 1 aliphatic rings. The lowest BCUT2D eigenvalue weighted by molar-refractivity contribution is -0.138. The molecule has 0 saturated carbocycles. The highest BCUT2D eigenvalue weighted by Crippen LogP contribution is 2.40. The normalized spacial score (nSPS) is 16.4. The van der Waals surface area contributed by atoms with Crippen LogP contribution in [0.3, 0.4) is 0 Å². The third-order valence-electron chi connectivity index (χ3n) is 3.45. The molecule has 146 valence electrons. The molecule has 1 amide bonds. The van der Waals surface area contributed by atoms with Crippen molar-refractivity contribution in [1.82, 2.24) is 0 Å². The highest BCUT2D eigenvalue weighted by atomic mass is 79.9. The minimum absolute atomic E-state index is 0.0866. The van der Waals surface area contributed by atoms with Gasteiger partial charge in [-0.3, -0.25) is 4.79 Å². The van der Waals surface area contributed by atoms with Crippen molar-refractivity contribution in [2.45, 2.75) is 20.3 Å². The molecule has 0 spiro atoms. The Hall–Kier alpha value is -2.57. The number of halogens is 1. The Balaban J connectivity index is 2.53. The number of aliphatic hydroxyl groups excluding tert-OH is 1. The summed E-state index contributed by atoms with van der Waals surface area (Å²) in [6.07, 6.45) is 1.76. The zero-order valence-electron chi connectivity index (χ0n) is 15.2. The van der Waals surface area contributed by atoms with E-state index in [1.165, 1.54) is 0 Å². The number of rotatable bonds is 6. The first kappa shape index (κ1) is 21.7. The van der Waals surface area contributed by atoms with E-state index in [0.717, 1.165) is 16.2 Å². The van der Waals surface area contributed by atoms with Crippen LogP contribution in [-0.2, 0) is 14.3 Å². The van der Waals surface area contributed by atoms with E-state index in [1.807, 2.05) is 6.07 Å². The standard InChI is InChI=1S/C19H17BrN2O5S/c1-3-15(23)22-18-16(19(25)26-4-2)17(24)14(28-18)10-11-9-12(20)5-6-13(11)27-8-7-21/h5-6,9-10,24H,3-4,8H2,1-2H3/b14-10-,22-18?. The van der Waals surface area contributed by atoms with Gasteiger partial charge in [-0.2, -0.15) is 5.26 Å². The summed E-state index contributed by atoms with van der Waals surface area (Å²) in [5, 5.41) is 19.4. The van der Waals surface area contributed by atoms with Gasteiger partial charge in [-0.05, 0) is 31.2 Å². The monoisotopic (exact) mass is 464 g/mol. The van der Waals surface area contributed by atoms with E-state index in [2.05, 4.69) is 20.9 Å². The van der Waals surface area contributed by atoms with Gasteiger partial charge in [0.25, 0.3) is 0 Å². The van der Waals surface area contributed by atoms with Crippen LogP contribution >= 0.6 is 27.7 Å². The first-order valence-corrected chi connectivity index (χ1v) is 9.93. The maximum atomic E-state index is 12.3. The van der Waals surface area contributed by atoms with Crippen molar-refractivity contribution in [2.75, 3.05) is 13.2 Å². The molecular weight excluding hydrogens is 448 g/mol. The number of hydrogen-bond donors (Lipinski definition) is 1. The molecule has 2 rings (SSSR count). The number of carbonyl (C=O) groups is 2.